The number of hydrogen-bond donors (Lipinski definition) is 1. The van der Waals surface area contributed by atoms with Crippen LogP contribution in [0.4, 0.5) is 19.0 Å². The van der Waals surface area contributed by atoms with Crippen molar-refractivity contribution in [2.75, 3.05) is 25.6 Å². The molecule has 3 heterocycles. The molecule has 0 aliphatic carbocycles. The highest BCUT2D eigenvalue weighted by Gasteiger charge is 2.46. The highest BCUT2D eigenvalue weighted by atomic mass is 19.4. The van der Waals surface area contributed by atoms with E-state index in [4.69, 9.17) is 9.47 Å². The Morgan fingerprint density at radius 1 is 1.23 bits per heavy atom. The number of hydrogen-bond acceptors (Lipinski definition) is 5. The smallest absolute Gasteiger partial charge is 0.410 e. The molecule has 1 unspecified atom stereocenters. The van der Waals surface area contributed by atoms with Gasteiger partial charge in [-0.05, 0) is 57.4 Å². The van der Waals surface area contributed by atoms with E-state index in [1.54, 1.807) is 20.1 Å². The van der Waals surface area contributed by atoms with Crippen LogP contribution < -0.4 is 14.8 Å². The molecule has 2 aliphatic rings. The Morgan fingerprint density at radius 2 is 2.03 bits per heavy atom. The summed E-state index contributed by atoms with van der Waals surface area (Å²) in [6.45, 7) is 5.78. The molecule has 2 aromatic rings. The summed E-state index contributed by atoms with van der Waals surface area (Å²) in [4.78, 5) is 2.28. The lowest BCUT2D eigenvalue weighted by Gasteiger charge is -2.31. The van der Waals surface area contributed by atoms with E-state index in [0.717, 1.165) is 29.6 Å². The van der Waals surface area contributed by atoms with Crippen molar-refractivity contribution < 1.29 is 22.6 Å². The van der Waals surface area contributed by atoms with Gasteiger partial charge in [0.25, 0.3) is 0 Å². The second kappa shape index (κ2) is 8.61. The lowest BCUT2D eigenvalue weighted by atomic mass is 10.1. The van der Waals surface area contributed by atoms with Gasteiger partial charge in [-0.3, -0.25) is 4.90 Å². The molecule has 0 spiro atoms. The van der Waals surface area contributed by atoms with E-state index in [0.29, 0.717) is 36.2 Å². The predicted molar refractivity (Wildman–Crippen MR) is 112 cm³/mol. The molecule has 1 fully saturated rings. The third kappa shape index (κ3) is 4.46. The Balaban J connectivity index is 1.57. The number of benzene rings is 1. The number of alkyl halides is 3. The van der Waals surface area contributed by atoms with Crippen molar-refractivity contribution in [3.05, 3.63) is 35.5 Å². The van der Waals surface area contributed by atoms with Gasteiger partial charge in [-0.25, -0.2) is 4.68 Å². The van der Waals surface area contributed by atoms with Crippen molar-refractivity contribution in [1.82, 2.24) is 14.7 Å². The Labute approximate surface area is 180 Å². The van der Waals surface area contributed by atoms with Crippen LogP contribution in [0.3, 0.4) is 0 Å². The van der Waals surface area contributed by atoms with E-state index in [2.05, 4.69) is 15.3 Å². The van der Waals surface area contributed by atoms with Crippen LogP contribution in [0.5, 0.6) is 11.5 Å². The topological polar surface area (TPSA) is 51.5 Å². The maximum atomic E-state index is 13.6. The van der Waals surface area contributed by atoms with E-state index in [1.165, 1.54) is 0 Å². The van der Waals surface area contributed by atoms with Gasteiger partial charge in [-0.1, -0.05) is 6.07 Å². The van der Waals surface area contributed by atoms with E-state index in [9.17, 15) is 13.2 Å². The quantitative estimate of drug-likeness (QED) is 0.693. The third-order valence-corrected chi connectivity index (χ3v) is 6.02. The molecule has 170 valence electrons. The Morgan fingerprint density at radius 3 is 2.74 bits per heavy atom. The van der Waals surface area contributed by atoms with Crippen molar-refractivity contribution in [3.63, 3.8) is 0 Å². The van der Waals surface area contributed by atoms with Gasteiger partial charge in [0.05, 0.1) is 25.5 Å². The van der Waals surface area contributed by atoms with E-state index >= 15 is 0 Å². The summed E-state index contributed by atoms with van der Waals surface area (Å²) in [5, 5.41) is 7.59. The van der Waals surface area contributed by atoms with Gasteiger partial charge >= 0.3 is 6.18 Å². The maximum Gasteiger partial charge on any atom is 0.410 e. The average molecular weight is 438 g/mol. The standard InChI is InChI=1S/C22H29F3N4O2/c1-4-31-19-11-15(7-8-18(19)30-3)13-28-9-5-6-17(28)16-12-21-26-14(2)10-20(22(23,24)25)29(21)27-16/h7-8,11-12,14,17,20,26H,4-6,9-10,13H2,1-3H3/t14-,17?,20-/m1/s1. The number of fused-ring (bicyclic) bond motifs is 1. The third-order valence-electron chi connectivity index (χ3n) is 6.02. The van der Waals surface area contributed by atoms with Crippen molar-refractivity contribution in [2.24, 2.45) is 0 Å². The zero-order valence-corrected chi connectivity index (χ0v) is 18.1. The van der Waals surface area contributed by atoms with Gasteiger partial charge in [0.2, 0.25) is 0 Å². The summed E-state index contributed by atoms with van der Waals surface area (Å²) in [7, 11) is 1.61. The number of rotatable bonds is 6. The first-order valence-corrected chi connectivity index (χ1v) is 10.8. The minimum Gasteiger partial charge on any atom is -0.493 e. The van der Waals surface area contributed by atoms with Crippen LogP contribution in [0.15, 0.2) is 24.3 Å². The summed E-state index contributed by atoms with van der Waals surface area (Å²) >= 11 is 0. The molecule has 0 saturated carbocycles. The van der Waals surface area contributed by atoms with E-state index < -0.39 is 12.2 Å². The van der Waals surface area contributed by atoms with Crippen LogP contribution in [0, 0.1) is 0 Å². The van der Waals surface area contributed by atoms with Crippen molar-refractivity contribution in [1.29, 1.82) is 0 Å². The molecule has 4 rings (SSSR count). The molecular weight excluding hydrogens is 409 g/mol. The number of halogens is 3. The summed E-state index contributed by atoms with van der Waals surface area (Å²) < 4.78 is 52.9. The Hall–Kier alpha value is -2.42. The number of anilines is 1. The number of nitrogens with zero attached hydrogens (tertiary/aromatic N) is 3. The first-order valence-electron chi connectivity index (χ1n) is 10.8. The molecule has 2 aliphatic heterocycles. The van der Waals surface area contributed by atoms with E-state index in [-0.39, 0.29) is 18.5 Å². The summed E-state index contributed by atoms with van der Waals surface area (Å²) in [5.41, 5.74) is 1.77. The van der Waals surface area contributed by atoms with Crippen LogP contribution in [-0.2, 0) is 6.54 Å². The largest absolute Gasteiger partial charge is 0.493 e. The molecule has 1 aromatic heterocycles. The van der Waals surface area contributed by atoms with Crippen molar-refractivity contribution in [3.8, 4) is 11.5 Å². The minimum absolute atomic E-state index is 0.0123. The molecule has 0 radical (unpaired) electrons. The predicted octanol–water partition coefficient (Wildman–Crippen LogP) is 4.94. The number of aromatic nitrogens is 2. The molecule has 1 N–H and O–H groups in total. The average Bonchev–Trinajstić information content (AvgIpc) is 3.33. The zero-order chi connectivity index (χ0) is 22.2. The molecule has 3 atom stereocenters. The maximum absolute atomic E-state index is 13.6. The number of ether oxygens (including phenoxy) is 2. The summed E-state index contributed by atoms with van der Waals surface area (Å²) in [5.74, 6) is 1.83. The lowest BCUT2D eigenvalue weighted by Crippen LogP contribution is -2.37. The number of nitrogens with one attached hydrogen (secondary N) is 1. The minimum atomic E-state index is -4.32. The highest BCUT2D eigenvalue weighted by molar-refractivity contribution is 5.44. The molecule has 31 heavy (non-hydrogen) atoms. The first-order chi connectivity index (χ1) is 14.8. The fourth-order valence-electron chi connectivity index (χ4n) is 4.61. The van der Waals surface area contributed by atoms with Gasteiger partial charge < -0.3 is 14.8 Å². The number of likely N-dealkylation sites (tertiary alicyclic amines) is 1. The lowest BCUT2D eigenvalue weighted by molar-refractivity contribution is -0.173. The SMILES string of the molecule is CCOc1cc(CN2CCCC2c2cc3n(n2)[C@@H](C(F)(F)F)C[C@@H](C)N3)ccc1OC. The van der Waals surface area contributed by atoms with Gasteiger partial charge in [0.15, 0.2) is 17.5 Å². The second-order valence-corrected chi connectivity index (χ2v) is 8.28. The Bertz CT molecular complexity index is 915. The summed E-state index contributed by atoms with van der Waals surface area (Å²) in [6.07, 6.45) is -2.48. The molecule has 0 bridgehead atoms. The molecule has 6 nitrogen and oxygen atoms in total. The van der Waals surface area contributed by atoms with Crippen LogP contribution in [0.1, 0.15) is 56.5 Å². The monoisotopic (exact) mass is 438 g/mol. The zero-order valence-electron chi connectivity index (χ0n) is 18.1. The molecule has 1 aromatic carbocycles. The highest BCUT2D eigenvalue weighted by Crippen LogP contribution is 2.42. The van der Waals surface area contributed by atoms with Crippen LogP contribution >= 0.6 is 0 Å². The first kappa shape index (κ1) is 21.8. The molecule has 1 saturated heterocycles. The van der Waals surface area contributed by atoms with Crippen LogP contribution in [0.25, 0.3) is 0 Å². The van der Waals surface area contributed by atoms with Crippen LogP contribution in [0.2, 0.25) is 0 Å². The van der Waals surface area contributed by atoms with Gasteiger partial charge in [-0.2, -0.15) is 18.3 Å². The molecular formula is C22H29F3N4O2. The second-order valence-electron chi connectivity index (χ2n) is 8.28. The normalized spacial score (nSPS) is 24.0. The van der Waals surface area contributed by atoms with Gasteiger partial charge in [-0.15, -0.1) is 0 Å². The fraction of sp³-hybridized carbons (Fsp3) is 0.591. The van der Waals surface area contributed by atoms with Crippen molar-refractivity contribution >= 4 is 5.82 Å². The van der Waals surface area contributed by atoms with E-state index in [1.807, 2.05) is 25.1 Å². The van der Waals surface area contributed by atoms with Gasteiger partial charge in [0, 0.05) is 18.7 Å². The fourth-order valence-corrected chi connectivity index (χ4v) is 4.61. The molecule has 9 heteroatoms. The Kier molecular flexibility index (Phi) is 6.05. The number of methoxy groups -OCH3 is 1. The van der Waals surface area contributed by atoms with Gasteiger partial charge in [0.1, 0.15) is 5.82 Å². The molecule has 0 amide bonds. The van der Waals surface area contributed by atoms with Crippen molar-refractivity contribution in [2.45, 2.75) is 64.0 Å². The van der Waals surface area contributed by atoms with Crippen LogP contribution in [-0.4, -0.2) is 47.2 Å². The summed E-state index contributed by atoms with van der Waals surface area (Å²) in [6, 6.07) is 5.80.